The van der Waals surface area contributed by atoms with Crippen LogP contribution >= 0.6 is 23.4 Å². The van der Waals surface area contributed by atoms with Gasteiger partial charge in [-0.25, -0.2) is 9.97 Å². The summed E-state index contributed by atoms with van der Waals surface area (Å²) in [4.78, 5) is 23.2. The lowest BCUT2D eigenvalue weighted by Crippen LogP contribution is -2.34. The van der Waals surface area contributed by atoms with Gasteiger partial charge in [-0.3, -0.25) is 4.79 Å². The summed E-state index contributed by atoms with van der Waals surface area (Å²) in [7, 11) is 0. The fourth-order valence-electron chi connectivity index (χ4n) is 2.84. The molecular formula is C18H20ClN3OS. The first-order chi connectivity index (χ1) is 11.6. The first-order valence-corrected chi connectivity index (χ1v) is 9.47. The first-order valence-electron chi connectivity index (χ1n) is 8.10. The van der Waals surface area contributed by atoms with Gasteiger partial charge in [0.25, 0.3) is 0 Å². The smallest absolute Gasteiger partial charge is 0.173 e. The van der Waals surface area contributed by atoms with E-state index >= 15 is 0 Å². The number of Topliss-reactive ketones (excluding diaryl/α,β-unsaturated/α-hetero) is 1. The molecule has 4 nitrogen and oxygen atoms in total. The van der Waals surface area contributed by atoms with Crippen LogP contribution in [0.15, 0.2) is 41.7 Å². The third kappa shape index (κ3) is 4.48. The molecule has 0 radical (unpaired) electrons. The van der Waals surface area contributed by atoms with Crippen LogP contribution in [0.5, 0.6) is 0 Å². The fourth-order valence-corrected chi connectivity index (χ4v) is 3.72. The Morgan fingerprint density at radius 3 is 2.88 bits per heavy atom. The molecule has 0 amide bonds. The van der Waals surface area contributed by atoms with Crippen LogP contribution < -0.4 is 4.90 Å². The molecule has 1 aliphatic rings. The van der Waals surface area contributed by atoms with Crippen LogP contribution in [0.4, 0.5) is 5.82 Å². The van der Waals surface area contributed by atoms with E-state index in [2.05, 4.69) is 21.8 Å². The minimum absolute atomic E-state index is 0.0726. The first kappa shape index (κ1) is 17.2. The number of piperidine rings is 1. The zero-order valence-corrected chi connectivity index (χ0v) is 15.2. The molecule has 1 saturated heterocycles. The third-order valence-electron chi connectivity index (χ3n) is 4.13. The van der Waals surface area contributed by atoms with Crippen molar-refractivity contribution in [3.8, 4) is 0 Å². The Hall–Kier alpha value is -1.59. The molecule has 2 aromatic rings. The van der Waals surface area contributed by atoms with Crippen LogP contribution in [-0.4, -0.2) is 34.6 Å². The Bertz CT molecular complexity index is 708. The van der Waals surface area contributed by atoms with E-state index in [0.29, 0.717) is 22.3 Å². The maximum absolute atomic E-state index is 12.2. The molecule has 1 aliphatic heterocycles. The van der Waals surface area contributed by atoms with E-state index in [1.165, 1.54) is 24.6 Å². The second-order valence-corrected chi connectivity index (χ2v) is 7.56. The van der Waals surface area contributed by atoms with Crippen molar-refractivity contribution in [1.82, 2.24) is 9.97 Å². The van der Waals surface area contributed by atoms with Crippen LogP contribution in [0.1, 0.15) is 30.1 Å². The van der Waals surface area contributed by atoms with Crippen molar-refractivity contribution in [3.05, 3.63) is 47.2 Å². The number of halogens is 1. The molecule has 1 unspecified atom stereocenters. The lowest BCUT2D eigenvalue weighted by atomic mass is 10.0. The monoisotopic (exact) mass is 361 g/mol. The Morgan fingerprint density at radius 1 is 1.33 bits per heavy atom. The van der Waals surface area contributed by atoms with Crippen molar-refractivity contribution in [2.75, 3.05) is 23.7 Å². The van der Waals surface area contributed by atoms with Gasteiger partial charge in [-0.05, 0) is 43.0 Å². The maximum atomic E-state index is 12.2. The van der Waals surface area contributed by atoms with Gasteiger partial charge in [-0.15, -0.1) is 0 Å². The second-order valence-electron chi connectivity index (χ2n) is 6.13. The zero-order chi connectivity index (χ0) is 16.9. The highest BCUT2D eigenvalue weighted by Gasteiger charge is 2.18. The number of aromatic nitrogens is 2. The molecule has 0 saturated carbocycles. The van der Waals surface area contributed by atoms with Crippen LogP contribution in [0, 0.1) is 5.92 Å². The minimum Gasteiger partial charge on any atom is -0.356 e. The molecule has 126 valence electrons. The summed E-state index contributed by atoms with van der Waals surface area (Å²) in [5.41, 5.74) is 0.672. The van der Waals surface area contributed by atoms with E-state index in [1.54, 1.807) is 30.6 Å². The van der Waals surface area contributed by atoms with Gasteiger partial charge in [0.1, 0.15) is 17.2 Å². The van der Waals surface area contributed by atoms with Crippen LogP contribution in [0.25, 0.3) is 0 Å². The summed E-state index contributed by atoms with van der Waals surface area (Å²) in [5, 5.41) is 1.47. The average molecular weight is 362 g/mol. The van der Waals surface area contributed by atoms with Crippen molar-refractivity contribution < 1.29 is 4.79 Å². The highest BCUT2D eigenvalue weighted by atomic mass is 35.5. The van der Waals surface area contributed by atoms with E-state index in [0.717, 1.165) is 23.9 Å². The van der Waals surface area contributed by atoms with Gasteiger partial charge in [0, 0.05) is 29.7 Å². The zero-order valence-electron chi connectivity index (χ0n) is 13.6. The topological polar surface area (TPSA) is 46.1 Å². The summed E-state index contributed by atoms with van der Waals surface area (Å²) in [6.07, 6.45) is 4.06. The van der Waals surface area contributed by atoms with Gasteiger partial charge in [-0.2, -0.15) is 0 Å². The van der Waals surface area contributed by atoms with Gasteiger partial charge in [-0.1, -0.05) is 30.3 Å². The van der Waals surface area contributed by atoms with E-state index in [1.807, 2.05) is 6.07 Å². The lowest BCUT2D eigenvalue weighted by Gasteiger charge is -2.31. The third-order valence-corrected chi connectivity index (χ3v) is 5.30. The molecule has 1 aromatic carbocycles. The Morgan fingerprint density at radius 2 is 2.12 bits per heavy atom. The number of carbonyl (C=O) groups excluding carboxylic acids is 1. The van der Waals surface area contributed by atoms with Crippen molar-refractivity contribution >= 4 is 35.0 Å². The number of hydrogen-bond acceptors (Lipinski definition) is 5. The molecule has 0 spiro atoms. The molecule has 0 bridgehead atoms. The molecule has 24 heavy (non-hydrogen) atoms. The molecule has 1 aromatic heterocycles. The molecular weight excluding hydrogens is 342 g/mol. The molecule has 3 rings (SSSR count). The Balaban J connectivity index is 1.62. The van der Waals surface area contributed by atoms with Gasteiger partial charge in [0.05, 0.1) is 5.75 Å². The van der Waals surface area contributed by atoms with Crippen LogP contribution in [0.2, 0.25) is 5.02 Å². The Kier molecular flexibility index (Phi) is 5.74. The molecule has 2 heterocycles. The van der Waals surface area contributed by atoms with Crippen molar-refractivity contribution in [1.29, 1.82) is 0 Å². The molecule has 1 atom stereocenters. The SMILES string of the molecule is CC1CCCN(c2cc(SCC(=O)c3ccc(Cl)cc3)ncn2)C1. The number of anilines is 1. The number of carbonyl (C=O) groups is 1. The van der Waals surface area contributed by atoms with Crippen molar-refractivity contribution in [3.63, 3.8) is 0 Å². The normalized spacial score (nSPS) is 17.8. The van der Waals surface area contributed by atoms with Crippen LogP contribution in [0.3, 0.4) is 0 Å². The summed E-state index contributed by atoms with van der Waals surface area (Å²) in [6, 6.07) is 8.97. The maximum Gasteiger partial charge on any atom is 0.173 e. The van der Waals surface area contributed by atoms with Gasteiger partial charge < -0.3 is 4.90 Å². The van der Waals surface area contributed by atoms with E-state index in [-0.39, 0.29) is 5.78 Å². The van der Waals surface area contributed by atoms with E-state index < -0.39 is 0 Å². The number of thioether (sulfide) groups is 1. The number of nitrogens with zero attached hydrogens (tertiary/aromatic N) is 3. The van der Waals surface area contributed by atoms with Gasteiger partial charge in [0.2, 0.25) is 0 Å². The fraction of sp³-hybridized carbons (Fsp3) is 0.389. The van der Waals surface area contributed by atoms with Gasteiger partial charge >= 0.3 is 0 Å². The predicted octanol–water partition coefficient (Wildman–Crippen LogP) is 4.34. The standard InChI is InChI=1S/C18H20ClN3OS/c1-13-3-2-8-22(10-13)17-9-18(21-12-20-17)24-11-16(23)14-4-6-15(19)7-5-14/h4-7,9,12-13H,2-3,8,10-11H2,1H3. The number of benzene rings is 1. The Labute approximate surface area is 151 Å². The summed E-state index contributed by atoms with van der Waals surface area (Å²) in [6.45, 7) is 4.34. The van der Waals surface area contributed by atoms with E-state index in [4.69, 9.17) is 11.6 Å². The summed E-state index contributed by atoms with van der Waals surface area (Å²) >= 11 is 7.30. The molecule has 0 N–H and O–H groups in total. The highest BCUT2D eigenvalue weighted by Crippen LogP contribution is 2.25. The van der Waals surface area contributed by atoms with Crippen molar-refractivity contribution in [2.45, 2.75) is 24.8 Å². The summed E-state index contributed by atoms with van der Waals surface area (Å²) < 4.78 is 0. The quantitative estimate of drug-likeness (QED) is 0.450. The number of ketones is 1. The average Bonchev–Trinajstić information content (AvgIpc) is 2.60. The highest BCUT2D eigenvalue weighted by molar-refractivity contribution is 7.99. The predicted molar refractivity (Wildman–Crippen MR) is 99.1 cm³/mol. The number of rotatable bonds is 5. The minimum atomic E-state index is 0.0726. The van der Waals surface area contributed by atoms with Crippen LogP contribution in [-0.2, 0) is 0 Å². The van der Waals surface area contributed by atoms with E-state index in [9.17, 15) is 4.79 Å². The lowest BCUT2D eigenvalue weighted by molar-refractivity contribution is 0.102. The second kappa shape index (κ2) is 7.99. The molecule has 1 fully saturated rings. The number of hydrogen-bond donors (Lipinski definition) is 0. The van der Waals surface area contributed by atoms with Crippen molar-refractivity contribution in [2.24, 2.45) is 5.92 Å². The molecule has 6 heteroatoms. The summed E-state index contributed by atoms with van der Waals surface area (Å²) in [5.74, 6) is 2.08. The van der Waals surface area contributed by atoms with Gasteiger partial charge in [0.15, 0.2) is 5.78 Å². The molecule has 0 aliphatic carbocycles. The largest absolute Gasteiger partial charge is 0.356 e.